The number of anilines is 1. The molecule has 0 aromatic heterocycles. The highest BCUT2D eigenvalue weighted by Crippen LogP contribution is 2.36. The summed E-state index contributed by atoms with van der Waals surface area (Å²) < 4.78 is 1.16. The van der Waals surface area contributed by atoms with E-state index in [2.05, 4.69) is 69.2 Å². The molecule has 2 aliphatic heterocycles. The number of rotatable bonds is 2. The fraction of sp³-hybridized carbons (Fsp3) is 0.625. The maximum absolute atomic E-state index is 3.59. The molecule has 1 N–H and O–H groups in total. The Labute approximate surface area is 130 Å². The second-order valence-corrected chi connectivity index (χ2v) is 7.46. The molecule has 0 bridgehead atoms. The minimum Gasteiger partial charge on any atom is -0.365 e. The van der Waals surface area contributed by atoms with Gasteiger partial charge in [0.15, 0.2) is 0 Å². The fourth-order valence-corrected chi connectivity index (χ4v) is 3.99. The molecular formula is C16H24BrN3. The lowest BCUT2D eigenvalue weighted by Crippen LogP contribution is -2.49. The Hall–Kier alpha value is -0.580. The second kappa shape index (κ2) is 5.66. The number of nitrogens with one attached hydrogen (secondary N) is 1. The third kappa shape index (κ3) is 2.87. The van der Waals surface area contributed by atoms with Crippen LogP contribution in [0, 0.1) is 0 Å². The quantitative estimate of drug-likeness (QED) is 0.895. The summed E-state index contributed by atoms with van der Waals surface area (Å²) in [6.07, 6.45) is 1.25. The second-order valence-electron chi connectivity index (χ2n) is 6.55. The van der Waals surface area contributed by atoms with Crippen LogP contribution in [0.25, 0.3) is 0 Å². The van der Waals surface area contributed by atoms with Crippen LogP contribution in [0.2, 0.25) is 0 Å². The molecule has 1 aromatic carbocycles. The number of hydrogen-bond acceptors (Lipinski definition) is 3. The van der Waals surface area contributed by atoms with Gasteiger partial charge in [0.25, 0.3) is 0 Å². The normalized spacial score (nSPS) is 26.9. The van der Waals surface area contributed by atoms with Gasteiger partial charge in [-0.1, -0.05) is 22.0 Å². The van der Waals surface area contributed by atoms with Crippen LogP contribution in [-0.4, -0.2) is 49.2 Å². The molecule has 3 rings (SSSR count). The van der Waals surface area contributed by atoms with Gasteiger partial charge in [0.05, 0.1) is 0 Å². The molecule has 2 fully saturated rings. The molecule has 2 saturated heterocycles. The summed E-state index contributed by atoms with van der Waals surface area (Å²) >= 11 is 3.59. The van der Waals surface area contributed by atoms with Crippen molar-refractivity contribution in [3.63, 3.8) is 0 Å². The maximum atomic E-state index is 3.59. The van der Waals surface area contributed by atoms with Crippen LogP contribution in [0.3, 0.4) is 0 Å². The van der Waals surface area contributed by atoms with E-state index in [1.54, 1.807) is 0 Å². The minimum atomic E-state index is 0.232. The Kier molecular flexibility index (Phi) is 4.07. The van der Waals surface area contributed by atoms with Crippen LogP contribution in [-0.2, 0) is 0 Å². The fourth-order valence-electron chi connectivity index (χ4n) is 3.60. The average Bonchev–Trinajstić information content (AvgIpc) is 2.76. The lowest BCUT2D eigenvalue weighted by molar-refractivity contribution is 0.179. The van der Waals surface area contributed by atoms with Gasteiger partial charge in [-0.15, -0.1) is 0 Å². The van der Waals surface area contributed by atoms with Crippen molar-refractivity contribution in [1.29, 1.82) is 0 Å². The van der Waals surface area contributed by atoms with Crippen molar-refractivity contribution in [2.75, 3.05) is 37.6 Å². The highest BCUT2D eigenvalue weighted by Gasteiger charge is 2.40. The number of piperazine rings is 1. The van der Waals surface area contributed by atoms with Crippen LogP contribution in [0.4, 0.5) is 5.69 Å². The predicted molar refractivity (Wildman–Crippen MR) is 88.4 cm³/mol. The molecule has 0 amide bonds. The molecule has 0 saturated carbocycles. The molecule has 0 radical (unpaired) electrons. The summed E-state index contributed by atoms with van der Waals surface area (Å²) in [4.78, 5) is 5.24. The van der Waals surface area contributed by atoms with E-state index in [9.17, 15) is 0 Å². The zero-order chi connectivity index (χ0) is 14.2. The van der Waals surface area contributed by atoms with Crippen molar-refractivity contribution in [2.24, 2.45) is 0 Å². The maximum Gasteiger partial charge on any atom is 0.0382 e. The van der Waals surface area contributed by atoms with Gasteiger partial charge in [0.1, 0.15) is 0 Å². The third-order valence-electron chi connectivity index (χ3n) is 4.65. The van der Waals surface area contributed by atoms with Crippen LogP contribution < -0.4 is 10.2 Å². The third-order valence-corrected chi connectivity index (χ3v) is 5.14. The first-order chi connectivity index (χ1) is 9.56. The highest BCUT2D eigenvalue weighted by molar-refractivity contribution is 9.10. The Morgan fingerprint density at radius 1 is 1.25 bits per heavy atom. The van der Waals surface area contributed by atoms with E-state index in [0.717, 1.165) is 24.1 Å². The van der Waals surface area contributed by atoms with Gasteiger partial charge in [-0.2, -0.15) is 0 Å². The van der Waals surface area contributed by atoms with E-state index in [0.29, 0.717) is 6.04 Å². The Morgan fingerprint density at radius 2 is 2.00 bits per heavy atom. The minimum absolute atomic E-state index is 0.232. The van der Waals surface area contributed by atoms with Gasteiger partial charge >= 0.3 is 0 Å². The van der Waals surface area contributed by atoms with E-state index >= 15 is 0 Å². The van der Waals surface area contributed by atoms with Gasteiger partial charge in [0.2, 0.25) is 0 Å². The van der Waals surface area contributed by atoms with Crippen molar-refractivity contribution in [2.45, 2.75) is 31.8 Å². The van der Waals surface area contributed by atoms with Gasteiger partial charge in [-0.3, -0.25) is 4.90 Å². The van der Waals surface area contributed by atoms with Crippen molar-refractivity contribution in [3.8, 4) is 0 Å². The van der Waals surface area contributed by atoms with Gasteiger partial charge < -0.3 is 10.2 Å². The average molecular weight is 338 g/mol. The first-order valence-electron chi connectivity index (χ1n) is 7.54. The molecule has 4 heteroatoms. The highest BCUT2D eigenvalue weighted by atomic mass is 79.9. The number of halogens is 1. The SMILES string of the molecule is CC1(C)CC(N2CCNCC2)CN1c1cccc(Br)c1. The summed E-state index contributed by atoms with van der Waals surface area (Å²) in [5.74, 6) is 0. The number of benzene rings is 1. The zero-order valence-electron chi connectivity index (χ0n) is 12.4. The molecule has 0 spiro atoms. The molecule has 2 aliphatic rings. The van der Waals surface area contributed by atoms with Crippen molar-refractivity contribution >= 4 is 21.6 Å². The lowest BCUT2D eigenvalue weighted by Gasteiger charge is -2.33. The Bertz CT molecular complexity index is 469. The summed E-state index contributed by atoms with van der Waals surface area (Å²) in [6.45, 7) is 10.5. The van der Waals surface area contributed by atoms with E-state index in [1.165, 1.54) is 25.2 Å². The Morgan fingerprint density at radius 3 is 2.70 bits per heavy atom. The molecule has 20 heavy (non-hydrogen) atoms. The summed E-state index contributed by atoms with van der Waals surface area (Å²) in [5.41, 5.74) is 1.57. The van der Waals surface area contributed by atoms with Crippen molar-refractivity contribution < 1.29 is 0 Å². The van der Waals surface area contributed by atoms with Crippen molar-refractivity contribution in [1.82, 2.24) is 10.2 Å². The summed E-state index contributed by atoms with van der Waals surface area (Å²) in [5, 5.41) is 3.45. The topological polar surface area (TPSA) is 18.5 Å². The van der Waals surface area contributed by atoms with E-state index in [-0.39, 0.29) is 5.54 Å². The molecule has 0 aliphatic carbocycles. The van der Waals surface area contributed by atoms with E-state index < -0.39 is 0 Å². The van der Waals surface area contributed by atoms with Gasteiger partial charge in [0, 0.05) is 54.5 Å². The molecule has 110 valence electrons. The molecule has 1 unspecified atom stereocenters. The molecule has 3 nitrogen and oxygen atoms in total. The molecule has 2 heterocycles. The van der Waals surface area contributed by atoms with Crippen LogP contribution in [0.5, 0.6) is 0 Å². The monoisotopic (exact) mass is 337 g/mol. The molecule has 1 aromatic rings. The first kappa shape index (κ1) is 14.4. The van der Waals surface area contributed by atoms with Gasteiger partial charge in [-0.25, -0.2) is 0 Å². The Balaban J connectivity index is 1.78. The molecule has 1 atom stereocenters. The van der Waals surface area contributed by atoms with Crippen LogP contribution in [0.15, 0.2) is 28.7 Å². The van der Waals surface area contributed by atoms with Crippen molar-refractivity contribution in [3.05, 3.63) is 28.7 Å². The van der Waals surface area contributed by atoms with Gasteiger partial charge in [-0.05, 0) is 38.5 Å². The molecular weight excluding hydrogens is 314 g/mol. The summed E-state index contributed by atoms with van der Waals surface area (Å²) in [7, 11) is 0. The smallest absolute Gasteiger partial charge is 0.0382 e. The zero-order valence-corrected chi connectivity index (χ0v) is 14.0. The number of nitrogens with zero attached hydrogens (tertiary/aromatic N) is 2. The van der Waals surface area contributed by atoms with E-state index in [1.807, 2.05) is 0 Å². The number of hydrogen-bond donors (Lipinski definition) is 1. The largest absolute Gasteiger partial charge is 0.365 e. The lowest BCUT2D eigenvalue weighted by atomic mass is 9.99. The standard InChI is InChI=1S/C16H24BrN3/c1-16(2)11-15(19-8-6-18-7-9-19)12-20(16)14-5-3-4-13(17)10-14/h3-5,10,15,18H,6-9,11-12H2,1-2H3. The predicted octanol–water partition coefficient (Wildman–Crippen LogP) is 2.71. The van der Waals surface area contributed by atoms with E-state index in [4.69, 9.17) is 0 Å². The van der Waals surface area contributed by atoms with Crippen LogP contribution in [0.1, 0.15) is 20.3 Å². The van der Waals surface area contributed by atoms with Crippen LogP contribution >= 0.6 is 15.9 Å². The first-order valence-corrected chi connectivity index (χ1v) is 8.33. The summed E-state index contributed by atoms with van der Waals surface area (Å²) in [6, 6.07) is 9.38.